The van der Waals surface area contributed by atoms with Crippen molar-refractivity contribution >= 4 is 5.97 Å². The van der Waals surface area contributed by atoms with E-state index < -0.39 is 11.5 Å². The zero-order valence-corrected chi connectivity index (χ0v) is 8.22. The number of hydrogen-bond donors (Lipinski definition) is 2. The van der Waals surface area contributed by atoms with Crippen LogP contribution < -0.4 is 5.56 Å². The Balaban J connectivity index is 2.57. The van der Waals surface area contributed by atoms with Gasteiger partial charge in [0.1, 0.15) is 5.76 Å². The highest BCUT2D eigenvalue weighted by molar-refractivity contribution is 5.85. The van der Waals surface area contributed by atoms with Crippen molar-refractivity contribution in [2.24, 2.45) is 0 Å². The molecule has 0 radical (unpaired) electrons. The van der Waals surface area contributed by atoms with Crippen LogP contribution in [0.2, 0.25) is 0 Å². The molecule has 0 aliphatic heterocycles. The summed E-state index contributed by atoms with van der Waals surface area (Å²) in [7, 11) is 0. The third-order valence-electron chi connectivity index (χ3n) is 1.78. The number of aromatic carboxylic acids is 1. The van der Waals surface area contributed by atoms with E-state index in [0.29, 0.717) is 5.76 Å². The number of rotatable bonds is 2. The number of nitrogens with zero attached hydrogens (tertiary/aromatic N) is 2. The molecule has 2 aromatic rings. The Morgan fingerprint density at radius 1 is 1.56 bits per heavy atom. The zero-order valence-electron chi connectivity index (χ0n) is 8.22. The van der Waals surface area contributed by atoms with E-state index in [4.69, 9.17) is 9.52 Å². The van der Waals surface area contributed by atoms with E-state index >= 15 is 0 Å². The molecule has 7 nitrogen and oxygen atoms in total. The normalized spacial score (nSPS) is 10.3. The molecule has 0 amide bonds. The van der Waals surface area contributed by atoms with Gasteiger partial charge in [-0.05, 0) is 6.92 Å². The minimum Gasteiger partial charge on any atom is -0.477 e. The number of aromatic amines is 1. The minimum atomic E-state index is -1.28. The number of aryl methyl sites for hydroxylation is 1. The van der Waals surface area contributed by atoms with Crippen LogP contribution in [0.15, 0.2) is 21.5 Å². The first-order valence-electron chi connectivity index (χ1n) is 4.34. The summed E-state index contributed by atoms with van der Waals surface area (Å²) in [5, 5.41) is 8.72. The fourth-order valence-electron chi connectivity index (χ4n) is 1.13. The monoisotopic (exact) mass is 221 g/mol. The average molecular weight is 221 g/mol. The van der Waals surface area contributed by atoms with Gasteiger partial charge in [-0.15, -0.1) is 0 Å². The molecule has 7 heteroatoms. The molecule has 0 saturated heterocycles. The Morgan fingerprint density at radius 2 is 2.31 bits per heavy atom. The highest BCUT2D eigenvalue weighted by Gasteiger charge is 2.12. The fourth-order valence-corrected chi connectivity index (χ4v) is 1.13. The summed E-state index contributed by atoms with van der Waals surface area (Å²) in [6.07, 6.45) is 1.45. The summed E-state index contributed by atoms with van der Waals surface area (Å²) < 4.78 is 5.12. The van der Waals surface area contributed by atoms with Gasteiger partial charge in [0.05, 0.1) is 6.20 Å². The van der Waals surface area contributed by atoms with Crippen LogP contribution in [0, 0.1) is 6.92 Å². The lowest BCUT2D eigenvalue weighted by atomic mass is 10.4. The van der Waals surface area contributed by atoms with Crippen LogP contribution >= 0.6 is 0 Å². The van der Waals surface area contributed by atoms with Crippen LogP contribution in [-0.2, 0) is 0 Å². The van der Waals surface area contributed by atoms with Crippen LogP contribution in [-0.4, -0.2) is 26.0 Å². The molecule has 0 spiro atoms. The highest BCUT2D eigenvalue weighted by atomic mass is 16.4. The van der Waals surface area contributed by atoms with E-state index in [2.05, 4.69) is 15.0 Å². The standard InChI is InChI=1S/C9H7N3O4/c1-4-3-10-8(16-4)7-11-5(9(14)15)2-6(13)12-7/h2-3H,1H3,(H,14,15)(H,11,12,13). The molecule has 16 heavy (non-hydrogen) atoms. The third kappa shape index (κ3) is 1.83. The molecule has 82 valence electrons. The molecule has 0 aliphatic rings. The molecule has 0 aliphatic carbocycles. The summed E-state index contributed by atoms with van der Waals surface area (Å²) in [6, 6.07) is 0.891. The maximum atomic E-state index is 11.2. The summed E-state index contributed by atoms with van der Waals surface area (Å²) >= 11 is 0. The van der Waals surface area contributed by atoms with Gasteiger partial charge >= 0.3 is 5.97 Å². The van der Waals surface area contributed by atoms with Crippen LogP contribution in [0.1, 0.15) is 16.2 Å². The molecular formula is C9H7N3O4. The second kappa shape index (κ2) is 3.61. The Labute approximate surface area is 88.8 Å². The van der Waals surface area contributed by atoms with Gasteiger partial charge in [0.2, 0.25) is 0 Å². The van der Waals surface area contributed by atoms with Crippen molar-refractivity contribution in [2.75, 3.05) is 0 Å². The van der Waals surface area contributed by atoms with E-state index in [1.54, 1.807) is 6.92 Å². The van der Waals surface area contributed by atoms with Gasteiger partial charge < -0.3 is 14.5 Å². The molecule has 0 fully saturated rings. The summed E-state index contributed by atoms with van der Waals surface area (Å²) in [6.45, 7) is 1.68. The second-order valence-electron chi connectivity index (χ2n) is 3.06. The second-order valence-corrected chi connectivity index (χ2v) is 3.06. The molecule has 0 atom stereocenters. The van der Waals surface area contributed by atoms with Crippen LogP contribution in [0.4, 0.5) is 0 Å². The topological polar surface area (TPSA) is 109 Å². The maximum Gasteiger partial charge on any atom is 0.354 e. The lowest BCUT2D eigenvalue weighted by molar-refractivity contribution is 0.0690. The summed E-state index contributed by atoms with van der Waals surface area (Å²) in [5.74, 6) is -0.662. The van der Waals surface area contributed by atoms with Gasteiger partial charge in [0.25, 0.3) is 11.4 Å². The lowest BCUT2D eigenvalue weighted by Gasteiger charge is -1.96. The Kier molecular flexibility index (Phi) is 2.28. The SMILES string of the molecule is Cc1cnc(-c2nc(C(=O)O)cc(=O)[nH]2)o1. The van der Waals surface area contributed by atoms with Crippen LogP contribution in [0.25, 0.3) is 11.7 Å². The fraction of sp³-hybridized carbons (Fsp3) is 0.111. The number of carbonyl (C=O) groups is 1. The quantitative estimate of drug-likeness (QED) is 0.761. The first-order valence-corrected chi connectivity index (χ1v) is 4.34. The predicted octanol–water partition coefficient (Wildman–Crippen LogP) is 0.432. The number of nitrogens with one attached hydrogen (secondary N) is 1. The molecule has 2 rings (SSSR count). The molecule has 2 N–H and O–H groups in total. The number of oxazole rings is 1. The van der Waals surface area contributed by atoms with E-state index in [9.17, 15) is 9.59 Å². The minimum absolute atomic E-state index is 0.00185. The van der Waals surface area contributed by atoms with E-state index in [1.807, 2.05) is 0 Å². The Bertz CT molecular complexity index is 599. The third-order valence-corrected chi connectivity index (χ3v) is 1.78. The number of aromatic nitrogens is 3. The van der Waals surface area contributed by atoms with Crippen molar-refractivity contribution in [2.45, 2.75) is 6.92 Å². The van der Waals surface area contributed by atoms with Crippen LogP contribution in [0.5, 0.6) is 0 Å². The van der Waals surface area contributed by atoms with Crippen molar-refractivity contribution in [1.29, 1.82) is 0 Å². The molecular weight excluding hydrogens is 214 g/mol. The number of carboxylic acids is 1. The Morgan fingerprint density at radius 3 is 2.88 bits per heavy atom. The molecule has 2 aromatic heterocycles. The van der Waals surface area contributed by atoms with E-state index in [1.165, 1.54) is 6.20 Å². The number of carboxylic acid groups (broad SMARTS) is 1. The van der Waals surface area contributed by atoms with Gasteiger partial charge in [-0.2, -0.15) is 0 Å². The van der Waals surface area contributed by atoms with Gasteiger partial charge in [0.15, 0.2) is 11.5 Å². The molecule has 0 aromatic carbocycles. The van der Waals surface area contributed by atoms with Crippen molar-refractivity contribution in [3.63, 3.8) is 0 Å². The van der Waals surface area contributed by atoms with E-state index in [0.717, 1.165) is 6.07 Å². The lowest BCUT2D eigenvalue weighted by Crippen LogP contribution is -2.13. The van der Waals surface area contributed by atoms with Crippen LogP contribution in [0.3, 0.4) is 0 Å². The molecule has 2 heterocycles. The van der Waals surface area contributed by atoms with Crippen molar-refractivity contribution in [1.82, 2.24) is 15.0 Å². The van der Waals surface area contributed by atoms with Gasteiger partial charge in [-0.1, -0.05) is 0 Å². The smallest absolute Gasteiger partial charge is 0.354 e. The van der Waals surface area contributed by atoms with Gasteiger partial charge in [-0.3, -0.25) is 4.79 Å². The first-order chi connectivity index (χ1) is 7.56. The van der Waals surface area contributed by atoms with Crippen molar-refractivity contribution in [3.8, 4) is 11.7 Å². The largest absolute Gasteiger partial charge is 0.477 e. The maximum absolute atomic E-state index is 11.2. The predicted molar refractivity (Wildman–Crippen MR) is 52.1 cm³/mol. The summed E-state index contributed by atoms with van der Waals surface area (Å²) in [5.41, 5.74) is -0.923. The number of H-pyrrole nitrogens is 1. The zero-order chi connectivity index (χ0) is 11.7. The molecule has 0 saturated carbocycles. The average Bonchev–Trinajstić information content (AvgIpc) is 2.64. The van der Waals surface area contributed by atoms with Gasteiger partial charge in [-0.25, -0.2) is 14.8 Å². The van der Waals surface area contributed by atoms with Gasteiger partial charge in [0, 0.05) is 6.07 Å². The Hall–Kier alpha value is -2.44. The molecule has 0 bridgehead atoms. The summed E-state index contributed by atoms with van der Waals surface area (Å²) in [4.78, 5) is 31.7. The van der Waals surface area contributed by atoms with Crippen molar-refractivity contribution in [3.05, 3.63) is 34.1 Å². The number of hydrogen-bond acceptors (Lipinski definition) is 5. The van der Waals surface area contributed by atoms with E-state index in [-0.39, 0.29) is 17.4 Å². The first kappa shape index (κ1) is 10.1. The molecule has 0 unspecified atom stereocenters. The highest BCUT2D eigenvalue weighted by Crippen LogP contribution is 2.12. The van der Waals surface area contributed by atoms with Crippen molar-refractivity contribution < 1.29 is 14.3 Å².